The Balaban J connectivity index is 1.69. The molecule has 0 radical (unpaired) electrons. The van der Waals surface area contributed by atoms with E-state index < -0.39 is 10.8 Å². The molecule has 0 saturated heterocycles. The number of nitriles is 1. The van der Waals surface area contributed by atoms with Crippen molar-refractivity contribution in [1.82, 2.24) is 4.57 Å². The van der Waals surface area contributed by atoms with Crippen LogP contribution in [0.2, 0.25) is 0 Å². The second kappa shape index (κ2) is 12.0. The van der Waals surface area contributed by atoms with Crippen LogP contribution in [0, 0.1) is 21.4 Å². The highest BCUT2D eigenvalue weighted by Crippen LogP contribution is 2.37. The Hall–Kier alpha value is -5.74. The molecule has 0 aliphatic rings. The van der Waals surface area contributed by atoms with Crippen LogP contribution in [-0.2, 0) is 11.2 Å². The Kier molecular flexibility index (Phi) is 7.84. The van der Waals surface area contributed by atoms with Crippen molar-refractivity contribution in [2.45, 2.75) is 13.3 Å². The molecule has 0 unspecified atom stereocenters. The summed E-state index contributed by atoms with van der Waals surface area (Å²) in [6.07, 6.45) is 2.47. The number of rotatable bonds is 8. The largest absolute Gasteiger partial charge is 0.321 e. The smallest absolute Gasteiger partial charge is 0.269 e. The molecule has 0 fully saturated rings. The van der Waals surface area contributed by atoms with Gasteiger partial charge in [0.05, 0.1) is 16.3 Å². The Morgan fingerprint density at radius 1 is 0.902 bits per heavy atom. The van der Waals surface area contributed by atoms with Crippen LogP contribution in [0.4, 0.5) is 11.4 Å². The molecule has 1 N–H and O–H groups in total. The number of aromatic nitrogens is 1. The number of nitro benzene ring substituents is 1. The highest BCUT2D eigenvalue weighted by Gasteiger charge is 2.21. The van der Waals surface area contributed by atoms with Crippen LogP contribution in [0.1, 0.15) is 18.1 Å². The zero-order chi connectivity index (χ0) is 28.8. The summed E-state index contributed by atoms with van der Waals surface area (Å²) in [5, 5.41) is 24.2. The van der Waals surface area contributed by atoms with Gasteiger partial charge in [-0.1, -0.05) is 79.7 Å². The van der Waals surface area contributed by atoms with E-state index in [1.165, 1.54) is 12.1 Å². The molecule has 1 heterocycles. The molecule has 5 rings (SSSR count). The summed E-state index contributed by atoms with van der Waals surface area (Å²) in [6.45, 7) is 2.06. The van der Waals surface area contributed by atoms with Crippen LogP contribution in [0.25, 0.3) is 34.3 Å². The van der Waals surface area contributed by atoms with Crippen molar-refractivity contribution in [2.24, 2.45) is 0 Å². The van der Waals surface area contributed by atoms with E-state index in [1.54, 1.807) is 18.2 Å². The van der Waals surface area contributed by atoms with Gasteiger partial charge in [0.15, 0.2) is 0 Å². The van der Waals surface area contributed by atoms with Gasteiger partial charge in [-0.2, -0.15) is 5.26 Å². The van der Waals surface area contributed by atoms with E-state index in [0.29, 0.717) is 16.9 Å². The average molecular weight is 539 g/mol. The number of non-ortho nitro benzene ring substituents is 1. The summed E-state index contributed by atoms with van der Waals surface area (Å²) in [4.78, 5) is 24.1. The lowest BCUT2D eigenvalue weighted by atomic mass is 10.0. The lowest BCUT2D eigenvalue weighted by Gasteiger charge is -2.15. The van der Waals surface area contributed by atoms with Gasteiger partial charge in [0.1, 0.15) is 11.6 Å². The first-order valence-electron chi connectivity index (χ1n) is 13.1. The second-order valence-electron chi connectivity index (χ2n) is 9.35. The SMILES string of the molecule is CCc1ccc(NC(=O)/C(C#N)=C\c2cc(-c3ccccc3)n(-c3ccc([N+](=O)[O-])cc3)c2-c2ccccc2)cc1. The molecule has 41 heavy (non-hydrogen) atoms. The summed E-state index contributed by atoms with van der Waals surface area (Å²) in [7, 11) is 0. The predicted molar refractivity (Wildman–Crippen MR) is 161 cm³/mol. The molecule has 7 nitrogen and oxygen atoms in total. The fourth-order valence-electron chi connectivity index (χ4n) is 4.67. The average Bonchev–Trinajstić information content (AvgIpc) is 3.40. The lowest BCUT2D eigenvalue weighted by Crippen LogP contribution is -2.13. The van der Waals surface area contributed by atoms with Crippen molar-refractivity contribution in [2.75, 3.05) is 5.32 Å². The maximum atomic E-state index is 13.2. The minimum Gasteiger partial charge on any atom is -0.321 e. The Labute approximate surface area is 237 Å². The first-order chi connectivity index (χ1) is 20.0. The molecule has 0 atom stereocenters. The molecule has 1 amide bonds. The minimum absolute atomic E-state index is 0.0149. The highest BCUT2D eigenvalue weighted by atomic mass is 16.6. The van der Waals surface area contributed by atoms with Crippen molar-refractivity contribution >= 4 is 23.4 Å². The number of benzene rings is 4. The van der Waals surface area contributed by atoms with Crippen LogP contribution < -0.4 is 5.32 Å². The number of hydrogen-bond acceptors (Lipinski definition) is 4. The minimum atomic E-state index is -0.514. The van der Waals surface area contributed by atoms with Gasteiger partial charge in [0.25, 0.3) is 11.6 Å². The maximum absolute atomic E-state index is 13.2. The van der Waals surface area contributed by atoms with E-state index in [9.17, 15) is 20.2 Å². The predicted octanol–water partition coefficient (Wildman–Crippen LogP) is 7.83. The second-order valence-corrected chi connectivity index (χ2v) is 9.35. The van der Waals surface area contributed by atoms with Gasteiger partial charge < -0.3 is 9.88 Å². The van der Waals surface area contributed by atoms with Gasteiger partial charge in [-0.05, 0) is 59.5 Å². The van der Waals surface area contributed by atoms with E-state index >= 15 is 0 Å². The monoisotopic (exact) mass is 538 g/mol. The van der Waals surface area contributed by atoms with Gasteiger partial charge >= 0.3 is 0 Å². The summed E-state index contributed by atoms with van der Waals surface area (Å²) < 4.78 is 2.00. The lowest BCUT2D eigenvalue weighted by molar-refractivity contribution is -0.384. The molecule has 1 aromatic heterocycles. The molecule has 0 spiro atoms. The van der Waals surface area contributed by atoms with Gasteiger partial charge in [0.2, 0.25) is 0 Å². The highest BCUT2D eigenvalue weighted by molar-refractivity contribution is 6.10. The van der Waals surface area contributed by atoms with Crippen LogP contribution in [0.5, 0.6) is 0 Å². The third-order valence-electron chi connectivity index (χ3n) is 6.75. The summed E-state index contributed by atoms with van der Waals surface area (Å²) >= 11 is 0. The zero-order valence-electron chi connectivity index (χ0n) is 22.3. The number of nitro groups is 1. The molecule has 0 saturated carbocycles. The number of carbonyl (C=O) groups is 1. The van der Waals surface area contributed by atoms with Crippen molar-refractivity contribution in [3.05, 3.63) is 142 Å². The molecule has 200 valence electrons. The fraction of sp³-hybridized carbons (Fsp3) is 0.0588. The normalized spacial score (nSPS) is 11.1. The first-order valence-corrected chi connectivity index (χ1v) is 13.1. The van der Waals surface area contributed by atoms with Crippen molar-refractivity contribution in [3.8, 4) is 34.3 Å². The van der Waals surface area contributed by atoms with Crippen LogP contribution in [-0.4, -0.2) is 15.4 Å². The third-order valence-corrected chi connectivity index (χ3v) is 6.75. The van der Waals surface area contributed by atoms with Gasteiger partial charge in [-0.3, -0.25) is 14.9 Å². The molecule has 0 bridgehead atoms. The molecular formula is C34H26N4O3. The van der Waals surface area contributed by atoms with Crippen LogP contribution in [0.3, 0.4) is 0 Å². The third kappa shape index (κ3) is 5.82. The van der Waals surface area contributed by atoms with Gasteiger partial charge in [-0.25, -0.2) is 0 Å². The number of carbonyl (C=O) groups excluding carboxylic acids is 1. The van der Waals surface area contributed by atoms with E-state index in [2.05, 4.69) is 18.3 Å². The first kappa shape index (κ1) is 26.9. The van der Waals surface area contributed by atoms with Gasteiger partial charge in [0, 0.05) is 29.1 Å². The molecule has 0 aliphatic heterocycles. The summed E-state index contributed by atoms with van der Waals surface area (Å²) in [5.41, 5.74) is 6.34. The number of hydrogen-bond donors (Lipinski definition) is 1. The Morgan fingerprint density at radius 3 is 2.07 bits per heavy atom. The number of amides is 1. The summed E-state index contributed by atoms with van der Waals surface area (Å²) in [6, 6.07) is 37.2. The maximum Gasteiger partial charge on any atom is 0.269 e. The van der Waals surface area contributed by atoms with Crippen molar-refractivity contribution in [3.63, 3.8) is 0 Å². The number of nitrogens with one attached hydrogen (secondary N) is 1. The van der Waals surface area contributed by atoms with Crippen LogP contribution in [0.15, 0.2) is 121 Å². The van der Waals surface area contributed by atoms with E-state index in [4.69, 9.17) is 0 Å². The van der Waals surface area contributed by atoms with E-state index in [-0.39, 0.29) is 11.3 Å². The molecule has 7 heteroatoms. The number of anilines is 1. The quantitative estimate of drug-likeness (QED) is 0.0941. The van der Waals surface area contributed by atoms with Crippen molar-refractivity contribution < 1.29 is 9.72 Å². The Bertz CT molecular complexity index is 1760. The number of nitrogens with zero attached hydrogens (tertiary/aromatic N) is 3. The molecule has 4 aromatic carbocycles. The van der Waals surface area contributed by atoms with Crippen molar-refractivity contribution in [1.29, 1.82) is 5.26 Å². The van der Waals surface area contributed by atoms with Gasteiger partial charge in [-0.15, -0.1) is 0 Å². The topological polar surface area (TPSA) is 101 Å². The molecule has 5 aromatic rings. The zero-order valence-corrected chi connectivity index (χ0v) is 22.3. The van der Waals surface area contributed by atoms with E-state index in [1.807, 2.05) is 95.6 Å². The van der Waals surface area contributed by atoms with E-state index in [0.717, 1.165) is 34.5 Å². The summed E-state index contributed by atoms with van der Waals surface area (Å²) in [5.74, 6) is -0.514. The molecule has 0 aliphatic carbocycles. The molecular weight excluding hydrogens is 512 g/mol. The fourth-order valence-corrected chi connectivity index (χ4v) is 4.67. The Morgan fingerprint density at radius 2 is 1.51 bits per heavy atom. The standard InChI is InChI=1S/C34H26N4O3/c1-2-24-13-15-29(16-14-24)36-34(39)28(23-35)21-27-22-32(25-9-5-3-6-10-25)37(33(27)26-11-7-4-8-12-26)30-17-19-31(20-18-30)38(40)41/h3-22H,2H2,1H3,(H,36,39)/b28-21-. The number of aryl methyl sites for hydroxylation is 1. The van der Waals surface area contributed by atoms with Crippen LogP contribution >= 0.6 is 0 Å².